The summed E-state index contributed by atoms with van der Waals surface area (Å²) in [5.41, 5.74) is 0.172. The molecule has 1 aliphatic carbocycles. The third kappa shape index (κ3) is 1.45. The highest BCUT2D eigenvalue weighted by Gasteiger charge is 2.47. The fourth-order valence-corrected chi connectivity index (χ4v) is 1.80. The summed E-state index contributed by atoms with van der Waals surface area (Å²) in [5.74, 6) is 0. The van der Waals surface area contributed by atoms with E-state index in [9.17, 15) is 0 Å². The topological polar surface area (TPSA) is 45.0 Å². The standard InChI is InChI=1S/C9H16N2O/c1-9(2)7(11-5-4-10)6-8(9)12-3/h7-8,11H,5-6H2,1-3H3. The number of ether oxygens (including phenoxy) is 1. The van der Waals surface area contributed by atoms with Crippen molar-refractivity contribution in [1.29, 1.82) is 5.26 Å². The smallest absolute Gasteiger partial charge is 0.0843 e. The first-order valence-electron chi connectivity index (χ1n) is 4.26. The van der Waals surface area contributed by atoms with Crippen LogP contribution in [0.1, 0.15) is 20.3 Å². The highest BCUT2D eigenvalue weighted by atomic mass is 16.5. The molecule has 0 aromatic rings. The maximum atomic E-state index is 8.38. The Morgan fingerprint density at radius 3 is 2.75 bits per heavy atom. The maximum absolute atomic E-state index is 8.38. The summed E-state index contributed by atoms with van der Waals surface area (Å²) in [6.45, 7) is 4.77. The second-order valence-electron chi connectivity index (χ2n) is 3.87. The van der Waals surface area contributed by atoms with E-state index in [4.69, 9.17) is 10.00 Å². The lowest BCUT2D eigenvalue weighted by molar-refractivity contribution is -0.0963. The van der Waals surface area contributed by atoms with Crippen LogP contribution in [0.2, 0.25) is 0 Å². The molecule has 0 bridgehead atoms. The summed E-state index contributed by atoms with van der Waals surface area (Å²) < 4.78 is 5.29. The molecule has 0 heterocycles. The monoisotopic (exact) mass is 168 g/mol. The van der Waals surface area contributed by atoms with E-state index in [1.165, 1.54) is 0 Å². The quantitative estimate of drug-likeness (QED) is 0.637. The van der Waals surface area contributed by atoms with Crippen LogP contribution in [0.3, 0.4) is 0 Å². The number of rotatable bonds is 3. The van der Waals surface area contributed by atoms with E-state index >= 15 is 0 Å². The SMILES string of the molecule is COC1CC(NCC#N)C1(C)C. The van der Waals surface area contributed by atoms with Gasteiger partial charge in [0.2, 0.25) is 0 Å². The molecule has 1 aliphatic rings. The van der Waals surface area contributed by atoms with Gasteiger partial charge in [-0.1, -0.05) is 13.8 Å². The summed E-state index contributed by atoms with van der Waals surface area (Å²) in [6.07, 6.45) is 1.36. The van der Waals surface area contributed by atoms with E-state index in [2.05, 4.69) is 25.2 Å². The van der Waals surface area contributed by atoms with E-state index in [0.29, 0.717) is 18.7 Å². The molecule has 1 fully saturated rings. The first kappa shape index (κ1) is 9.50. The minimum atomic E-state index is 0.172. The Balaban J connectivity index is 2.38. The molecule has 0 saturated heterocycles. The molecule has 0 radical (unpaired) electrons. The Kier molecular flexibility index (Phi) is 2.71. The van der Waals surface area contributed by atoms with Crippen LogP contribution in [0, 0.1) is 16.7 Å². The van der Waals surface area contributed by atoms with Gasteiger partial charge in [0, 0.05) is 18.6 Å². The van der Waals surface area contributed by atoms with Gasteiger partial charge in [-0.2, -0.15) is 5.26 Å². The van der Waals surface area contributed by atoms with Crippen molar-refractivity contribution in [3.05, 3.63) is 0 Å². The van der Waals surface area contributed by atoms with Crippen molar-refractivity contribution in [3.8, 4) is 6.07 Å². The molecule has 3 heteroatoms. The van der Waals surface area contributed by atoms with Crippen molar-refractivity contribution in [2.24, 2.45) is 5.41 Å². The number of nitriles is 1. The van der Waals surface area contributed by atoms with Crippen LogP contribution in [0.4, 0.5) is 0 Å². The lowest BCUT2D eigenvalue weighted by Gasteiger charge is -2.51. The van der Waals surface area contributed by atoms with Crippen molar-refractivity contribution in [2.75, 3.05) is 13.7 Å². The molecule has 2 unspecified atom stereocenters. The maximum Gasteiger partial charge on any atom is 0.0843 e. The van der Waals surface area contributed by atoms with Gasteiger partial charge >= 0.3 is 0 Å². The van der Waals surface area contributed by atoms with Gasteiger partial charge in [0.15, 0.2) is 0 Å². The van der Waals surface area contributed by atoms with Crippen LogP contribution in [-0.2, 0) is 4.74 Å². The summed E-state index contributed by atoms with van der Waals surface area (Å²) in [6, 6.07) is 2.52. The largest absolute Gasteiger partial charge is 0.381 e. The van der Waals surface area contributed by atoms with Gasteiger partial charge in [0.25, 0.3) is 0 Å². The van der Waals surface area contributed by atoms with E-state index in [1.54, 1.807) is 7.11 Å². The second kappa shape index (κ2) is 3.42. The van der Waals surface area contributed by atoms with Crippen LogP contribution >= 0.6 is 0 Å². The molecule has 0 aromatic carbocycles. The van der Waals surface area contributed by atoms with Crippen molar-refractivity contribution in [2.45, 2.75) is 32.4 Å². The average molecular weight is 168 g/mol. The third-order valence-corrected chi connectivity index (χ3v) is 2.89. The molecule has 2 atom stereocenters. The summed E-state index contributed by atoms with van der Waals surface area (Å²) in [5, 5.41) is 11.6. The van der Waals surface area contributed by atoms with Gasteiger partial charge in [0.1, 0.15) is 0 Å². The van der Waals surface area contributed by atoms with E-state index in [0.717, 1.165) is 6.42 Å². The molecule has 12 heavy (non-hydrogen) atoms. The minimum Gasteiger partial charge on any atom is -0.381 e. The minimum absolute atomic E-state index is 0.172. The van der Waals surface area contributed by atoms with Crippen molar-refractivity contribution in [3.63, 3.8) is 0 Å². The average Bonchev–Trinajstić information content (AvgIpc) is 2.03. The Morgan fingerprint density at radius 1 is 1.67 bits per heavy atom. The van der Waals surface area contributed by atoms with Gasteiger partial charge in [-0.25, -0.2) is 0 Å². The number of hydrogen-bond acceptors (Lipinski definition) is 3. The number of nitrogens with zero attached hydrogens (tertiary/aromatic N) is 1. The number of hydrogen-bond donors (Lipinski definition) is 1. The predicted molar refractivity (Wildman–Crippen MR) is 46.6 cm³/mol. The van der Waals surface area contributed by atoms with Crippen molar-refractivity contribution < 1.29 is 4.74 Å². The van der Waals surface area contributed by atoms with Crippen molar-refractivity contribution in [1.82, 2.24) is 5.32 Å². The molecule has 1 rings (SSSR count). The zero-order valence-electron chi connectivity index (χ0n) is 7.92. The van der Waals surface area contributed by atoms with Crippen LogP contribution in [0.25, 0.3) is 0 Å². The van der Waals surface area contributed by atoms with Crippen molar-refractivity contribution >= 4 is 0 Å². The fourth-order valence-electron chi connectivity index (χ4n) is 1.80. The molecule has 0 aromatic heterocycles. The first-order valence-corrected chi connectivity index (χ1v) is 4.26. The normalized spacial score (nSPS) is 32.2. The predicted octanol–water partition coefficient (Wildman–Crippen LogP) is 0.913. The molecule has 1 saturated carbocycles. The summed E-state index contributed by atoms with van der Waals surface area (Å²) in [4.78, 5) is 0. The molecule has 1 N–H and O–H groups in total. The second-order valence-corrected chi connectivity index (χ2v) is 3.87. The number of methoxy groups -OCH3 is 1. The zero-order chi connectivity index (χ0) is 9.19. The fraction of sp³-hybridized carbons (Fsp3) is 0.889. The van der Waals surface area contributed by atoms with Crippen LogP contribution in [-0.4, -0.2) is 25.8 Å². The highest BCUT2D eigenvalue weighted by Crippen LogP contribution is 2.42. The molecule has 3 nitrogen and oxygen atoms in total. The molecule has 0 amide bonds. The summed E-state index contributed by atoms with van der Waals surface area (Å²) in [7, 11) is 1.74. The van der Waals surface area contributed by atoms with Gasteiger partial charge in [-0.3, -0.25) is 0 Å². The molecular formula is C9H16N2O. The van der Waals surface area contributed by atoms with Gasteiger partial charge < -0.3 is 10.1 Å². The van der Waals surface area contributed by atoms with Crippen LogP contribution in [0.15, 0.2) is 0 Å². The highest BCUT2D eigenvalue weighted by molar-refractivity contribution is 5.03. The van der Waals surface area contributed by atoms with Crippen LogP contribution in [0.5, 0.6) is 0 Å². The molecular weight excluding hydrogens is 152 g/mol. The third-order valence-electron chi connectivity index (χ3n) is 2.89. The number of nitrogens with one attached hydrogen (secondary N) is 1. The van der Waals surface area contributed by atoms with E-state index in [-0.39, 0.29) is 5.41 Å². The molecule has 0 aliphatic heterocycles. The Morgan fingerprint density at radius 2 is 2.33 bits per heavy atom. The Bertz CT molecular complexity index is 195. The van der Waals surface area contributed by atoms with E-state index in [1.807, 2.05) is 0 Å². The van der Waals surface area contributed by atoms with Gasteiger partial charge in [-0.05, 0) is 6.42 Å². The Hall–Kier alpha value is -0.590. The van der Waals surface area contributed by atoms with Crippen LogP contribution < -0.4 is 5.32 Å². The van der Waals surface area contributed by atoms with Gasteiger partial charge in [-0.15, -0.1) is 0 Å². The molecule has 0 spiro atoms. The molecule has 68 valence electrons. The zero-order valence-corrected chi connectivity index (χ0v) is 7.92. The first-order chi connectivity index (χ1) is 5.62. The van der Waals surface area contributed by atoms with E-state index < -0.39 is 0 Å². The van der Waals surface area contributed by atoms with Gasteiger partial charge in [0.05, 0.1) is 18.7 Å². The summed E-state index contributed by atoms with van der Waals surface area (Å²) >= 11 is 0. The Labute approximate surface area is 73.7 Å². The lowest BCUT2D eigenvalue weighted by atomic mass is 9.64. The lowest BCUT2D eigenvalue weighted by Crippen LogP contribution is -2.60.